The molecule has 7 heteroatoms. The Bertz CT molecular complexity index is 1250. The second-order valence-corrected chi connectivity index (χ2v) is 8.56. The van der Waals surface area contributed by atoms with Crippen molar-refractivity contribution in [2.75, 3.05) is 7.05 Å². The lowest BCUT2D eigenvalue weighted by molar-refractivity contribution is 0.104. The molecule has 0 spiro atoms. The van der Waals surface area contributed by atoms with E-state index in [1.54, 1.807) is 36.0 Å². The number of rotatable bonds is 9. The minimum absolute atomic E-state index is 0. The van der Waals surface area contributed by atoms with Gasteiger partial charge in [-0.2, -0.15) is 0 Å². The Morgan fingerprint density at radius 1 is 1.24 bits per heavy atom. The van der Waals surface area contributed by atoms with Crippen molar-refractivity contribution in [1.29, 1.82) is 0 Å². The van der Waals surface area contributed by atoms with Crippen LogP contribution >= 0.6 is 0 Å². The number of nitrogens with zero attached hydrogens (tertiary/aromatic N) is 3. The lowest BCUT2D eigenvalue weighted by Crippen LogP contribution is -2.19. The molecule has 0 saturated heterocycles. The van der Waals surface area contributed by atoms with E-state index >= 15 is 0 Å². The molecule has 0 amide bonds. The molecule has 3 N–H and O–H groups in total. The number of ketones is 1. The summed E-state index contributed by atoms with van der Waals surface area (Å²) in [5.41, 5.74) is 10.5. The molecule has 172 valence electrons. The number of aromatic nitrogens is 3. The van der Waals surface area contributed by atoms with Gasteiger partial charge in [0.05, 0.1) is 17.6 Å². The van der Waals surface area contributed by atoms with E-state index in [1.165, 1.54) is 18.9 Å². The summed E-state index contributed by atoms with van der Waals surface area (Å²) in [5.74, 6) is 0.432. The molecule has 2 heterocycles. The Morgan fingerprint density at radius 3 is 2.70 bits per heavy atom. The van der Waals surface area contributed by atoms with Gasteiger partial charge in [-0.25, -0.2) is 4.98 Å². The third-order valence-electron chi connectivity index (χ3n) is 5.90. The third kappa shape index (κ3) is 5.62. The second-order valence-electron chi connectivity index (χ2n) is 8.56. The number of nitrogens with one attached hydrogen (secondary N) is 1. The monoisotopic (exact) mass is 445 g/mol. The number of hydrogen-bond donors (Lipinski definition) is 2. The highest BCUT2D eigenvalue weighted by Crippen LogP contribution is 2.32. The summed E-state index contributed by atoms with van der Waals surface area (Å²) >= 11 is 0. The number of carbonyl (C=O) groups is 1. The van der Waals surface area contributed by atoms with Crippen molar-refractivity contribution in [3.8, 4) is 11.3 Å². The Balaban J connectivity index is 0.00000324. The van der Waals surface area contributed by atoms with E-state index in [-0.39, 0.29) is 18.5 Å². The van der Waals surface area contributed by atoms with E-state index in [0.29, 0.717) is 23.6 Å². The standard InChI is InChI=1S/C26H29N5O2.H2/c1-17-26(24(32)13-22(27)20-7-5-19(6-8-20)14-28-2)30-23(15-29-17)21-9-10-25(33)31(16-21)12-11-18-3-4-18;/h5-10,13,15-16,18,28H,3-4,11-12,14,27H2,1-2H3;1H. The molecule has 3 aromatic rings. The van der Waals surface area contributed by atoms with E-state index in [4.69, 9.17) is 5.73 Å². The van der Waals surface area contributed by atoms with Gasteiger partial charge in [0.25, 0.3) is 5.56 Å². The summed E-state index contributed by atoms with van der Waals surface area (Å²) in [6.45, 7) is 3.20. The zero-order chi connectivity index (χ0) is 23.4. The van der Waals surface area contributed by atoms with Crippen LogP contribution in [0.25, 0.3) is 17.0 Å². The summed E-state index contributed by atoms with van der Waals surface area (Å²) in [4.78, 5) is 34.2. The van der Waals surface area contributed by atoms with Gasteiger partial charge in [-0.05, 0) is 43.5 Å². The average molecular weight is 446 g/mol. The first-order valence-corrected chi connectivity index (χ1v) is 11.2. The van der Waals surface area contributed by atoms with Gasteiger partial charge in [0.1, 0.15) is 5.69 Å². The van der Waals surface area contributed by atoms with E-state index in [0.717, 1.165) is 35.6 Å². The van der Waals surface area contributed by atoms with Crippen LogP contribution in [0.3, 0.4) is 0 Å². The van der Waals surface area contributed by atoms with Gasteiger partial charge >= 0.3 is 0 Å². The number of carbonyl (C=O) groups excluding carboxylic acids is 1. The molecule has 0 radical (unpaired) electrons. The molecule has 7 nitrogen and oxygen atoms in total. The summed E-state index contributed by atoms with van der Waals surface area (Å²) in [6, 6.07) is 11.0. The minimum Gasteiger partial charge on any atom is -0.398 e. The summed E-state index contributed by atoms with van der Waals surface area (Å²) in [7, 11) is 1.89. The van der Waals surface area contributed by atoms with Gasteiger partial charge < -0.3 is 15.6 Å². The molecule has 33 heavy (non-hydrogen) atoms. The summed E-state index contributed by atoms with van der Waals surface area (Å²) in [5, 5.41) is 3.10. The first-order valence-electron chi connectivity index (χ1n) is 11.2. The topological polar surface area (TPSA) is 103 Å². The SMILES string of the molecule is CNCc1ccc(C(N)=CC(=O)c2nc(-c3ccc(=O)n(CCC4CC4)c3)cnc2C)cc1.[HH]. The van der Waals surface area contributed by atoms with Gasteiger partial charge in [-0.3, -0.25) is 14.6 Å². The highest BCUT2D eigenvalue weighted by molar-refractivity contribution is 6.07. The molecule has 1 aliphatic carbocycles. The fraction of sp³-hybridized carbons (Fsp3) is 0.308. The first-order chi connectivity index (χ1) is 15.9. The molecule has 1 aromatic carbocycles. The lowest BCUT2D eigenvalue weighted by Gasteiger charge is -2.09. The zero-order valence-corrected chi connectivity index (χ0v) is 19.0. The molecule has 0 unspecified atom stereocenters. The molecule has 2 aromatic heterocycles. The average Bonchev–Trinajstić information content (AvgIpc) is 3.64. The molecule has 0 bridgehead atoms. The third-order valence-corrected chi connectivity index (χ3v) is 5.90. The Labute approximate surface area is 194 Å². The molecule has 0 aliphatic heterocycles. The predicted molar refractivity (Wildman–Crippen MR) is 132 cm³/mol. The van der Waals surface area contributed by atoms with Crippen LogP contribution < -0.4 is 16.6 Å². The maximum Gasteiger partial charge on any atom is 0.250 e. The Hall–Kier alpha value is -3.58. The zero-order valence-electron chi connectivity index (χ0n) is 19.0. The van der Waals surface area contributed by atoms with Crippen molar-refractivity contribution in [2.45, 2.75) is 39.3 Å². The number of pyridine rings is 1. The van der Waals surface area contributed by atoms with Crippen molar-refractivity contribution in [2.24, 2.45) is 11.7 Å². The van der Waals surface area contributed by atoms with E-state index in [2.05, 4.69) is 15.3 Å². The smallest absolute Gasteiger partial charge is 0.250 e. The van der Waals surface area contributed by atoms with Gasteiger partial charge in [-0.1, -0.05) is 37.1 Å². The number of aryl methyl sites for hydroxylation is 2. The fourth-order valence-electron chi connectivity index (χ4n) is 3.72. The van der Waals surface area contributed by atoms with Crippen LogP contribution in [-0.2, 0) is 13.1 Å². The van der Waals surface area contributed by atoms with Crippen molar-refractivity contribution in [1.82, 2.24) is 19.9 Å². The van der Waals surface area contributed by atoms with Crippen molar-refractivity contribution in [3.63, 3.8) is 0 Å². The van der Waals surface area contributed by atoms with Crippen LogP contribution in [0.15, 0.2) is 59.7 Å². The second kappa shape index (κ2) is 9.92. The largest absolute Gasteiger partial charge is 0.398 e. The molecular formula is C26H31N5O2. The normalized spacial score (nSPS) is 13.8. The quantitative estimate of drug-likeness (QED) is 0.386. The van der Waals surface area contributed by atoms with E-state index in [9.17, 15) is 9.59 Å². The van der Waals surface area contributed by atoms with Crippen molar-refractivity contribution >= 4 is 11.5 Å². The van der Waals surface area contributed by atoms with Gasteiger partial charge in [0.2, 0.25) is 5.78 Å². The van der Waals surface area contributed by atoms with Gasteiger partial charge in [-0.15, -0.1) is 0 Å². The van der Waals surface area contributed by atoms with Crippen LogP contribution in [0.5, 0.6) is 0 Å². The van der Waals surface area contributed by atoms with Crippen LogP contribution in [0, 0.1) is 12.8 Å². The van der Waals surface area contributed by atoms with E-state index in [1.807, 2.05) is 31.3 Å². The molecule has 4 rings (SSSR count). The maximum atomic E-state index is 13.0. The van der Waals surface area contributed by atoms with Crippen molar-refractivity contribution in [3.05, 3.63) is 87.7 Å². The Morgan fingerprint density at radius 2 is 2.00 bits per heavy atom. The van der Waals surface area contributed by atoms with Crippen LogP contribution in [-0.4, -0.2) is 27.4 Å². The van der Waals surface area contributed by atoms with Crippen LogP contribution in [0.4, 0.5) is 0 Å². The predicted octanol–water partition coefficient (Wildman–Crippen LogP) is 3.56. The number of hydrogen-bond acceptors (Lipinski definition) is 6. The molecular weight excluding hydrogens is 414 g/mol. The van der Waals surface area contributed by atoms with Gasteiger partial charge in [0.15, 0.2) is 0 Å². The Kier molecular flexibility index (Phi) is 6.79. The number of allylic oxidation sites excluding steroid dienone is 1. The molecule has 0 atom stereocenters. The van der Waals surface area contributed by atoms with Gasteiger partial charge in [0, 0.05) is 44.1 Å². The number of benzene rings is 1. The molecule has 1 aliphatic rings. The highest BCUT2D eigenvalue weighted by atomic mass is 16.1. The summed E-state index contributed by atoms with van der Waals surface area (Å²) < 4.78 is 1.71. The van der Waals surface area contributed by atoms with Crippen molar-refractivity contribution < 1.29 is 6.22 Å². The fourth-order valence-corrected chi connectivity index (χ4v) is 3.72. The molecule has 1 fully saturated rings. The van der Waals surface area contributed by atoms with Crippen LogP contribution in [0.1, 0.15) is 48.0 Å². The number of nitrogens with two attached hydrogens (primary N) is 1. The van der Waals surface area contributed by atoms with E-state index < -0.39 is 0 Å². The minimum atomic E-state index is -0.305. The summed E-state index contributed by atoms with van der Waals surface area (Å²) in [6.07, 6.45) is 8.33. The first kappa shape index (κ1) is 22.6. The molecule has 1 saturated carbocycles. The lowest BCUT2D eigenvalue weighted by atomic mass is 10.1. The van der Waals surface area contributed by atoms with Crippen LogP contribution in [0.2, 0.25) is 0 Å². The highest BCUT2D eigenvalue weighted by Gasteiger charge is 2.21. The maximum absolute atomic E-state index is 13.0.